The third kappa shape index (κ3) is 5.40. The molecule has 1 amide bonds. The van der Waals surface area contributed by atoms with Crippen LogP contribution in [-0.4, -0.2) is 22.7 Å². The fourth-order valence-electron chi connectivity index (χ4n) is 2.64. The normalized spacial score (nSPS) is 11.7. The minimum atomic E-state index is -0.453. The molecule has 29 heavy (non-hydrogen) atoms. The fourth-order valence-corrected chi connectivity index (χ4v) is 4.67. The lowest BCUT2D eigenvalue weighted by Gasteiger charge is -2.24. The summed E-state index contributed by atoms with van der Waals surface area (Å²) in [6, 6.07) is 13.7. The average molecular weight is 430 g/mol. The Hall–Kier alpha value is -2.76. The molecule has 0 radical (unpaired) electrons. The molecule has 3 aromatic rings. The van der Waals surface area contributed by atoms with Gasteiger partial charge in [0.25, 0.3) is 0 Å². The molecule has 4 nitrogen and oxygen atoms in total. The summed E-state index contributed by atoms with van der Waals surface area (Å²) in [4.78, 5) is 19.0. The number of hydrogen-bond donors (Lipinski definition) is 0. The number of carbonyl (C=O) groups is 1. The van der Waals surface area contributed by atoms with Crippen molar-refractivity contribution in [2.75, 3.05) is 11.4 Å². The summed E-state index contributed by atoms with van der Waals surface area (Å²) in [5.41, 5.74) is 2.07. The second-order valence-corrected chi connectivity index (χ2v) is 8.59. The van der Waals surface area contributed by atoms with Crippen molar-refractivity contribution in [2.45, 2.75) is 22.9 Å². The van der Waals surface area contributed by atoms with Gasteiger partial charge in [0.1, 0.15) is 11.6 Å². The van der Waals surface area contributed by atoms with Crippen molar-refractivity contribution in [3.05, 3.63) is 65.5 Å². The fraction of sp³-hybridized carbons (Fsp3) is 0.190. The first kappa shape index (κ1) is 21.0. The van der Waals surface area contributed by atoms with Gasteiger partial charge in [-0.2, -0.15) is 5.26 Å². The number of nitriles is 1. The van der Waals surface area contributed by atoms with Gasteiger partial charge in [0.05, 0.1) is 23.4 Å². The molecule has 0 bridgehead atoms. The predicted molar refractivity (Wildman–Crippen MR) is 112 cm³/mol. The van der Waals surface area contributed by atoms with Crippen LogP contribution in [0.4, 0.5) is 14.5 Å². The van der Waals surface area contributed by atoms with Crippen LogP contribution in [0.25, 0.3) is 11.3 Å². The largest absolute Gasteiger partial charge is 0.310 e. The molecule has 0 fully saturated rings. The summed E-state index contributed by atoms with van der Waals surface area (Å²) in [6.45, 7) is 2.00. The van der Waals surface area contributed by atoms with Gasteiger partial charge >= 0.3 is 0 Å². The third-order valence-corrected chi connectivity index (χ3v) is 6.16. The van der Waals surface area contributed by atoms with Crippen molar-refractivity contribution in [2.24, 2.45) is 0 Å². The van der Waals surface area contributed by atoms with Crippen LogP contribution in [0.5, 0.6) is 0 Å². The molecule has 8 heteroatoms. The zero-order valence-electron chi connectivity index (χ0n) is 15.5. The first-order valence-electron chi connectivity index (χ1n) is 8.80. The smallest absolute Gasteiger partial charge is 0.240 e. The molecule has 1 aromatic heterocycles. The molecule has 0 spiro atoms. The highest BCUT2D eigenvalue weighted by atomic mass is 32.2. The van der Waals surface area contributed by atoms with Crippen LogP contribution in [-0.2, 0) is 4.79 Å². The number of hydrogen-bond acceptors (Lipinski definition) is 5. The van der Waals surface area contributed by atoms with E-state index in [1.54, 1.807) is 19.1 Å². The van der Waals surface area contributed by atoms with Gasteiger partial charge in [0.2, 0.25) is 5.91 Å². The van der Waals surface area contributed by atoms with Crippen molar-refractivity contribution in [1.29, 1.82) is 5.26 Å². The van der Waals surface area contributed by atoms with Crippen LogP contribution in [0.3, 0.4) is 0 Å². The minimum Gasteiger partial charge on any atom is -0.310 e. The highest BCUT2D eigenvalue weighted by Crippen LogP contribution is 2.32. The predicted octanol–water partition coefficient (Wildman–Crippen LogP) is 5.52. The monoisotopic (exact) mass is 429 g/mol. The van der Waals surface area contributed by atoms with E-state index in [2.05, 4.69) is 4.98 Å². The van der Waals surface area contributed by atoms with Crippen molar-refractivity contribution in [3.63, 3.8) is 0 Å². The minimum absolute atomic E-state index is 0.173. The number of benzene rings is 2. The summed E-state index contributed by atoms with van der Waals surface area (Å²) in [7, 11) is 0. The first-order chi connectivity index (χ1) is 14.0. The summed E-state index contributed by atoms with van der Waals surface area (Å²) < 4.78 is 27.0. The molecule has 148 valence electrons. The zero-order chi connectivity index (χ0) is 20.8. The van der Waals surface area contributed by atoms with E-state index in [9.17, 15) is 13.6 Å². The molecular formula is C21H17F2N3OS2. The van der Waals surface area contributed by atoms with Gasteiger partial charge in [-0.05, 0) is 55.5 Å². The molecule has 2 aromatic carbocycles. The second kappa shape index (κ2) is 9.63. The molecule has 1 heterocycles. The number of rotatable bonds is 7. The van der Waals surface area contributed by atoms with Crippen molar-refractivity contribution in [3.8, 4) is 17.3 Å². The molecule has 0 aliphatic rings. The van der Waals surface area contributed by atoms with Gasteiger partial charge in [0, 0.05) is 23.2 Å². The van der Waals surface area contributed by atoms with Crippen LogP contribution in [0, 0.1) is 23.0 Å². The maximum absolute atomic E-state index is 13.2. The summed E-state index contributed by atoms with van der Waals surface area (Å²) in [6.07, 6.45) is 0.173. The lowest BCUT2D eigenvalue weighted by molar-refractivity contribution is -0.117. The number of thiazole rings is 1. The quantitative estimate of drug-likeness (QED) is 0.464. The Morgan fingerprint density at radius 2 is 1.79 bits per heavy atom. The van der Waals surface area contributed by atoms with Crippen molar-refractivity contribution >= 4 is 34.7 Å². The standard InChI is InChI=1S/C21H17F2N3OS2/c1-14(20(27)26(12-2-11-24)18-9-7-17(23)8-10-18)29-21-25-19(13-28-21)15-3-5-16(22)6-4-15/h3-10,13-14H,2,12H2,1H3. The average Bonchev–Trinajstić information content (AvgIpc) is 3.18. The SMILES string of the molecule is CC(Sc1nc(-c2ccc(F)cc2)cs1)C(=O)N(CCC#N)c1ccc(F)cc1. The van der Waals surface area contributed by atoms with Crippen molar-refractivity contribution in [1.82, 2.24) is 4.98 Å². The highest BCUT2D eigenvalue weighted by Gasteiger charge is 2.24. The van der Waals surface area contributed by atoms with Crippen molar-refractivity contribution < 1.29 is 13.6 Å². The number of anilines is 1. The van der Waals surface area contributed by atoms with Crippen LogP contribution < -0.4 is 4.90 Å². The molecule has 0 saturated carbocycles. The Bertz CT molecular complexity index is 1010. The summed E-state index contributed by atoms with van der Waals surface area (Å²) >= 11 is 2.72. The molecule has 0 aliphatic carbocycles. The third-order valence-electron chi connectivity index (χ3n) is 4.10. The van der Waals surface area contributed by atoms with E-state index in [-0.39, 0.29) is 30.5 Å². The number of thioether (sulfide) groups is 1. The van der Waals surface area contributed by atoms with Gasteiger partial charge in [-0.3, -0.25) is 4.79 Å². The van der Waals surface area contributed by atoms with Crippen LogP contribution >= 0.6 is 23.1 Å². The Morgan fingerprint density at radius 1 is 1.17 bits per heavy atom. The van der Waals surface area contributed by atoms with Gasteiger partial charge < -0.3 is 4.90 Å². The number of halogens is 2. The zero-order valence-corrected chi connectivity index (χ0v) is 17.1. The Balaban J connectivity index is 1.73. The molecule has 0 aliphatic heterocycles. The first-order valence-corrected chi connectivity index (χ1v) is 10.6. The Kier molecular flexibility index (Phi) is 6.96. The van der Waals surface area contributed by atoms with Gasteiger partial charge in [-0.15, -0.1) is 11.3 Å². The van der Waals surface area contributed by atoms with Gasteiger partial charge in [0.15, 0.2) is 4.34 Å². The van der Waals surface area contributed by atoms with E-state index in [1.165, 1.54) is 64.4 Å². The number of nitrogens with zero attached hydrogens (tertiary/aromatic N) is 3. The molecule has 0 N–H and O–H groups in total. The Morgan fingerprint density at radius 3 is 2.41 bits per heavy atom. The van der Waals surface area contributed by atoms with Gasteiger partial charge in [-0.1, -0.05) is 11.8 Å². The van der Waals surface area contributed by atoms with Crippen LogP contribution in [0.1, 0.15) is 13.3 Å². The van der Waals surface area contributed by atoms with Crippen LogP contribution in [0.2, 0.25) is 0 Å². The maximum atomic E-state index is 13.2. The van der Waals surface area contributed by atoms with E-state index in [1.807, 2.05) is 11.4 Å². The summed E-state index contributed by atoms with van der Waals surface area (Å²) in [5.74, 6) is -0.883. The molecular weight excluding hydrogens is 412 g/mol. The number of amides is 1. The molecule has 0 saturated heterocycles. The van der Waals surface area contributed by atoms with E-state index in [0.29, 0.717) is 10.0 Å². The second-order valence-electron chi connectivity index (χ2n) is 6.14. The molecule has 1 atom stereocenters. The highest BCUT2D eigenvalue weighted by molar-refractivity contribution is 8.02. The van der Waals surface area contributed by atoms with E-state index >= 15 is 0 Å². The topological polar surface area (TPSA) is 57.0 Å². The lowest BCUT2D eigenvalue weighted by Crippen LogP contribution is -2.37. The molecule has 1 unspecified atom stereocenters. The van der Waals surface area contributed by atoms with Crippen LogP contribution in [0.15, 0.2) is 58.3 Å². The van der Waals surface area contributed by atoms with E-state index in [0.717, 1.165) is 11.3 Å². The lowest BCUT2D eigenvalue weighted by atomic mass is 10.2. The number of carbonyl (C=O) groups excluding carboxylic acids is 1. The molecule has 3 rings (SSSR count). The van der Waals surface area contributed by atoms with Gasteiger partial charge in [-0.25, -0.2) is 13.8 Å². The van der Waals surface area contributed by atoms with E-state index in [4.69, 9.17) is 5.26 Å². The Labute approximate surface area is 175 Å². The maximum Gasteiger partial charge on any atom is 0.240 e. The summed E-state index contributed by atoms with van der Waals surface area (Å²) in [5, 5.41) is 10.3. The van der Waals surface area contributed by atoms with E-state index < -0.39 is 5.25 Å². The number of aromatic nitrogens is 1.